The van der Waals surface area contributed by atoms with E-state index >= 15 is 0 Å². The summed E-state index contributed by atoms with van der Waals surface area (Å²) in [6, 6.07) is 12.0. The Balaban J connectivity index is 0.00000338. The minimum Gasteiger partial charge on any atom is -0.494 e. The molecule has 0 amide bonds. The number of benzene rings is 2. The third kappa shape index (κ3) is 4.94. The predicted molar refractivity (Wildman–Crippen MR) is 103 cm³/mol. The van der Waals surface area contributed by atoms with Crippen LogP contribution in [0.25, 0.3) is 0 Å². The van der Waals surface area contributed by atoms with Crippen LogP contribution in [0.3, 0.4) is 0 Å². The summed E-state index contributed by atoms with van der Waals surface area (Å²) in [6.07, 6.45) is 0.518. The Bertz CT molecular complexity index is 817. The molecule has 0 saturated heterocycles. The molecule has 0 aliphatic carbocycles. The van der Waals surface area contributed by atoms with Gasteiger partial charge in [-0.1, -0.05) is 30.3 Å². The monoisotopic (exact) mass is 402 g/mol. The first-order valence-electron chi connectivity index (χ1n) is 7.99. The molecule has 2 aromatic carbocycles. The first kappa shape index (κ1) is 22.4. The van der Waals surface area contributed by atoms with Crippen molar-refractivity contribution in [2.45, 2.75) is 24.8 Å². The molecular formula is C18H24ClFN2O3S. The summed E-state index contributed by atoms with van der Waals surface area (Å²) in [5.41, 5.74) is 6.45. The van der Waals surface area contributed by atoms with Gasteiger partial charge in [-0.2, -0.15) is 4.31 Å². The number of halogens is 2. The van der Waals surface area contributed by atoms with Gasteiger partial charge in [0.05, 0.1) is 12.0 Å². The van der Waals surface area contributed by atoms with Crippen LogP contribution in [0.1, 0.15) is 17.5 Å². The van der Waals surface area contributed by atoms with Crippen LogP contribution >= 0.6 is 12.4 Å². The van der Waals surface area contributed by atoms with Gasteiger partial charge in [0.15, 0.2) is 11.6 Å². The second-order valence-electron chi connectivity index (χ2n) is 5.67. The van der Waals surface area contributed by atoms with Crippen molar-refractivity contribution in [3.05, 3.63) is 59.4 Å². The SMILES string of the molecule is COc1ccc(S(=O)(=O)N(CCCN)Cc2ccccc2)c(C)c1F.Cl. The largest absolute Gasteiger partial charge is 0.494 e. The Morgan fingerprint density at radius 2 is 1.81 bits per heavy atom. The average molecular weight is 403 g/mol. The number of rotatable bonds is 8. The fourth-order valence-electron chi connectivity index (χ4n) is 2.56. The zero-order valence-corrected chi connectivity index (χ0v) is 16.4. The van der Waals surface area contributed by atoms with Crippen LogP contribution in [0.4, 0.5) is 4.39 Å². The highest BCUT2D eigenvalue weighted by atomic mass is 35.5. The number of ether oxygens (including phenoxy) is 1. The van der Waals surface area contributed by atoms with Crippen molar-refractivity contribution in [1.29, 1.82) is 0 Å². The summed E-state index contributed by atoms with van der Waals surface area (Å²) >= 11 is 0. The van der Waals surface area contributed by atoms with Gasteiger partial charge in [0.2, 0.25) is 10.0 Å². The van der Waals surface area contributed by atoms with E-state index in [4.69, 9.17) is 10.5 Å². The van der Waals surface area contributed by atoms with Crippen molar-refractivity contribution in [2.24, 2.45) is 5.73 Å². The van der Waals surface area contributed by atoms with Crippen molar-refractivity contribution in [1.82, 2.24) is 4.31 Å². The van der Waals surface area contributed by atoms with Gasteiger partial charge in [0, 0.05) is 18.7 Å². The van der Waals surface area contributed by atoms with E-state index in [1.54, 1.807) is 0 Å². The van der Waals surface area contributed by atoms with E-state index in [1.165, 1.54) is 30.5 Å². The molecular weight excluding hydrogens is 379 g/mol. The number of methoxy groups -OCH3 is 1. The highest BCUT2D eigenvalue weighted by molar-refractivity contribution is 7.89. The molecule has 0 radical (unpaired) electrons. The third-order valence-corrected chi connectivity index (χ3v) is 5.94. The van der Waals surface area contributed by atoms with Gasteiger partial charge < -0.3 is 10.5 Å². The zero-order chi connectivity index (χ0) is 18.4. The number of nitrogens with zero attached hydrogens (tertiary/aromatic N) is 1. The quantitative estimate of drug-likeness (QED) is 0.736. The molecule has 2 N–H and O–H groups in total. The zero-order valence-electron chi connectivity index (χ0n) is 14.8. The maximum Gasteiger partial charge on any atom is 0.243 e. The summed E-state index contributed by atoms with van der Waals surface area (Å²) in [5, 5.41) is 0. The molecule has 0 unspecified atom stereocenters. The number of sulfonamides is 1. The van der Waals surface area contributed by atoms with E-state index < -0.39 is 15.8 Å². The molecule has 144 valence electrons. The molecule has 0 bridgehead atoms. The molecule has 8 heteroatoms. The lowest BCUT2D eigenvalue weighted by Crippen LogP contribution is -2.33. The van der Waals surface area contributed by atoms with Crippen molar-refractivity contribution in [3.8, 4) is 5.75 Å². The van der Waals surface area contributed by atoms with Crippen LogP contribution in [-0.2, 0) is 16.6 Å². The normalized spacial score (nSPS) is 11.3. The van der Waals surface area contributed by atoms with E-state index in [9.17, 15) is 12.8 Å². The molecule has 0 spiro atoms. The summed E-state index contributed by atoms with van der Waals surface area (Å²) in [7, 11) is -2.53. The molecule has 26 heavy (non-hydrogen) atoms. The molecule has 0 fully saturated rings. The first-order valence-corrected chi connectivity index (χ1v) is 9.43. The Morgan fingerprint density at radius 3 is 2.38 bits per heavy atom. The topological polar surface area (TPSA) is 72.6 Å². The highest BCUT2D eigenvalue weighted by Crippen LogP contribution is 2.28. The fraction of sp³-hybridized carbons (Fsp3) is 0.333. The maximum absolute atomic E-state index is 14.3. The molecule has 0 aliphatic rings. The summed E-state index contributed by atoms with van der Waals surface area (Å²) in [6.45, 7) is 2.28. The Morgan fingerprint density at radius 1 is 1.15 bits per heavy atom. The lowest BCUT2D eigenvalue weighted by Gasteiger charge is -2.23. The van der Waals surface area contributed by atoms with Crippen LogP contribution in [-0.4, -0.2) is 32.9 Å². The standard InChI is InChI=1S/C18H23FN2O3S.ClH/c1-14-17(10-9-16(24-2)18(14)19)25(22,23)21(12-6-11-20)13-15-7-4-3-5-8-15;/h3-5,7-10H,6,11-13,20H2,1-2H3;1H. The van der Waals surface area contributed by atoms with Crippen molar-refractivity contribution in [2.75, 3.05) is 20.2 Å². The second-order valence-corrected chi connectivity index (χ2v) is 7.58. The Hall–Kier alpha value is -1.67. The van der Waals surface area contributed by atoms with E-state index in [2.05, 4.69) is 0 Å². The van der Waals surface area contributed by atoms with Crippen LogP contribution in [0.15, 0.2) is 47.4 Å². The molecule has 2 aromatic rings. The molecule has 0 saturated carbocycles. The van der Waals surface area contributed by atoms with E-state index in [0.717, 1.165) is 5.56 Å². The summed E-state index contributed by atoms with van der Waals surface area (Å²) in [5.74, 6) is -0.643. The number of hydrogen-bond donors (Lipinski definition) is 1. The third-order valence-electron chi connectivity index (χ3n) is 3.95. The fourth-order valence-corrected chi connectivity index (χ4v) is 4.24. The molecule has 0 heterocycles. The lowest BCUT2D eigenvalue weighted by atomic mass is 10.2. The minimum atomic E-state index is -3.87. The summed E-state index contributed by atoms with van der Waals surface area (Å²) in [4.78, 5) is -0.0567. The molecule has 5 nitrogen and oxygen atoms in total. The van der Waals surface area contributed by atoms with Gasteiger partial charge >= 0.3 is 0 Å². The van der Waals surface area contributed by atoms with Gasteiger partial charge in [-0.25, -0.2) is 12.8 Å². The van der Waals surface area contributed by atoms with Crippen LogP contribution in [0, 0.1) is 12.7 Å². The maximum atomic E-state index is 14.3. The smallest absolute Gasteiger partial charge is 0.243 e. The van der Waals surface area contributed by atoms with Crippen LogP contribution < -0.4 is 10.5 Å². The molecule has 0 atom stereocenters. The molecule has 0 aromatic heterocycles. The van der Waals surface area contributed by atoms with Gasteiger partial charge in [-0.05, 0) is 37.6 Å². The van der Waals surface area contributed by atoms with Crippen molar-refractivity contribution >= 4 is 22.4 Å². The Labute approximate surface area is 160 Å². The molecule has 0 aliphatic heterocycles. The molecule has 2 rings (SSSR count). The van der Waals surface area contributed by atoms with E-state index in [0.29, 0.717) is 13.0 Å². The predicted octanol–water partition coefficient (Wildman–Crippen LogP) is 3.10. The minimum absolute atomic E-state index is 0. The Kier molecular flexibility index (Phi) is 8.49. The number of nitrogens with two attached hydrogens (primary N) is 1. The number of hydrogen-bond acceptors (Lipinski definition) is 4. The van der Waals surface area contributed by atoms with Gasteiger partial charge in [0.25, 0.3) is 0 Å². The second kappa shape index (κ2) is 9.87. The van der Waals surface area contributed by atoms with Crippen molar-refractivity contribution in [3.63, 3.8) is 0 Å². The highest BCUT2D eigenvalue weighted by Gasteiger charge is 2.28. The van der Waals surface area contributed by atoms with Gasteiger partial charge in [-0.3, -0.25) is 0 Å². The lowest BCUT2D eigenvalue weighted by molar-refractivity contribution is 0.382. The van der Waals surface area contributed by atoms with Crippen molar-refractivity contribution < 1.29 is 17.5 Å². The van der Waals surface area contributed by atoms with Gasteiger partial charge in [-0.15, -0.1) is 12.4 Å². The van der Waals surface area contributed by atoms with Crippen LogP contribution in [0.2, 0.25) is 0 Å². The first-order chi connectivity index (χ1) is 11.9. The average Bonchev–Trinajstić information content (AvgIpc) is 2.61. The van der Waals surface area contributed by atoms with Gasteiger partial charge in [0.1, 0.15) is 0 Å². The van der Waals surface area contributed by atoms with E-state index in [1.807, 2.05) is 30.3 Å². The van der Waals surface area contributed by atoms with Crippen LogP contribution in [0.5, 0.6) is 5.75 Å². The summed E-state index contributed by atoms with van der Waals surface area (Å²) < 4.78 is 46.7. The van der Waals surface area contributed by atoms with E-state index in [-0.39, 0.29) is 41.7 Å².